The summed E-state index contributed by atoms with van der Waals surface area (Å²) in [5.74, 6) is 0.370. The maximum Gasteiger partial charge on any atom is 0.236 e. The Hall–Kier alpha value is -1.44. The topological polar surface area (TPSA) is 60.9 Å². The van der Waals surface area contributed by atoms with Crippen molar-refractivity contribution in [3.05, 3.63) is 35.4 Å². The van der Waals surface area contributed by atoms with E-state index in [9.17, 15) is 13.2 Å². The second-order valence-corrected chi connectivity index (χ2v) is 9.52. The average molecular weight is 365 g/mol. The molecule has 1 aromatic carbocycles. The number of piperazine rings is 1. The van der Waals surface area contributed by atoms with Gasteiger partial charge in [-0.1, -0.05) is 24.3 Å². The van der Waals surface area contributed by atoms with Gasteiger partial charge in [-0.05, 0) is 18.1 Å². The van der Waals surface area contributed by atoms with Crippen LogP contribution in [0.3, 0.4) is 0 Å². The Morgan fingerprint density at radius 3 is 2.36 bits per heavy atom. The van der Waals surface area contributed by atoms with Crippen LogP contribution >= 0.6 is 0 Å². The SMILES string of the molecule is Cc1ccccc1CN1CCN(CC(=O)N(C)C)[C@@H]2CS(=O)(=O)C[C@@H]21. The number of aryl methyl sites for hydroxylation is 1. The summed E-state index contributed by atoms with van der Waals surface area (Å²) in [4.78, 5) is 18.0. The Morgan fingerprint density at radius 2 is 1.72 bits per heavy atom. The van der Waals surface area contributed by atoms with Crippen LogP contribution in [0.1, 0.15) is 11.1 Å². The molecule has 2 aliphatic heterocycles. The van der Waals surface area contributed by atoms with Crippen molar-refractivity contribution in [2.24, 2.45) is 0 Å². The summed E-state index contributed by atoms with van der Waals surface area (Å²) in [5.41, 5.74) is 2.47. The van der Waals surface area contributed by atoms with Gasteiger partial charge in [0.1, 0.15) is 0 Å². The van der Waals surface area contributed by atoms with Gasteiger partial charge < -0.3 is 4.90 Å². The van der Waals surface area contributed by atoms with Crippen molar-refractivity contribution in [2.45, 2.75) is 25.6 Å². The Balaban J connectivity index is 1.78. The second kappa shape index (κ2) is 7.05. The number of benzene rings is 1. The normalized spacial score (nSPS) is 26.4. The van der Waals surface area contributed by atoms with Gasteiger partial charge in [-0.25, -0.2) is 8.42 Å². The van der Waals surface area contributed by atoms with Crippen LogP contribution in [0.4, 0.5) is 0 Å². The van der Waals surface area contributed by atoms with Gasteiger partial charge in [0.2, 0.25) is 5.91 Å². The van der Waals surface area contributed by atoms with E-state index in [0.29, 0.717) is 6.54 Å². The maximum atomic E-state index is 12.3. The zero-order valence-electron chi connectivity index (χ0n) is 15.2. The molecule has 0 N–H and O–H groups in total. The zero-order chi connectivity index (χ0) is 18.2. The van der Waals surface area contributed by atoms with Gasteiger partial charge in [0.15, 0.2) is 9.84 Å². The predicted octanol–water partition coefficient (Wildman–Crippen LogP) is 0.366. The molecule has 138 valence electrons. The number of carbonyl (C=O) groups excluding carboxylic acids is 1. The third-order valence-electron chi connectivity index (χ3n) is 5.38. The molecule has 0 aliphatic carbocycles. The van der Waals surface area contributed by atoms with Crippen molar-refractivity contribution in [1.82, 2.24) is 14.7 Å². The summed E-state index contributed by atoms with van der Waals surface area (Å²) >= 11 is 0. The lowest BCUT2D eigenvalue weighted by atomic mass is 10.0. The first-order valence-corrected chi connectivity index (χ1v) is 10.5. The Bertz CT molecular complexity index is 748. The smallest absolute Gasteiger partial charge is 0.236 e. The molecule has 0 spiro atoms. The third-order valence-corrected chi connectivity index (χ3v) is 7.08. The van der Waals surface area contributed by atoms with Crippen LogP contribution in [-0.2, 0) is 21.2 Å². The van der Waals surface area contributed by atoms with Crippen LogP contribution in [0.2, 0.25) is 0 Å². The van der Waals surface area contributed by atoms with Crippen molar-refractivity contribution in [2.75, 3.05) is 45.2 Å². The quantitative estimate of drug-likeness (QED) is 0.771. The average Bonchev–Trinajstić information content (AvgIpc) is 2.87. The first-order chi connectivity index (χ1) is 11.8. The van der Waals surface area contributed by atoms with E-state index in [4.69, 9.17) is 0 Å². The van der Waals surface area contributed by atoms with E-state index < -0.39 is 9.84 Å². The molecule has 6 nitrogen and oxygen atoms in total. The van der Waals surface area contributed by atoms with E-state index in [1.807, 2.05) is 12.1 Å². The fraction of sp³-hybridized carbons (Fsp3) is 0.611. The molecule has 1 amide bonds. The van der Waals surface area contributed by atoms with E-state index in [0.717, 1.165) is 19.6 Å². The van der Waals surface area contributed by atoms with Crippen molar-refractivity contribution in [3.8, 4) is 0 Å². The van der Waals surface area contributed by atoms with E-state index >= 15 is 0 Å². The first-order valence-electron chi connectivity index (χ1n) is 8.70. The fourth-order valence-corrected chi connectivity index (χ4v) is 5.85. The monoisotopic (exact) mass is 365 g/mol. The number of carbonyl (C=O) groups is 1. The standard InChI is InChI=1S/C18H27N3O3S/c1-14-6-4-5-7-15(14)10-20-8-9-21(11-18(22)19(2)3)17-13-25(23,24)12-16(17)20/h4-7,16-17H,8-13H2,1-3H3/t16-,17+/m0/s1. The number of fused-ring (bicyclic) bond motifs is 1. The lowest BCUT2D eigenvalue weighted by Crippen LogP contribution is -2.60. The Morgan fingerprint density at radius 1 is 1.12 bits per heavy atom. The van der Waals surface area contributed by atoms with Gasteiger partial charge >= 0.3 is 0 Å². The highest BCUT2D eigenvalue weighted by molar-refractivity contribution is 7.91. The molecule has 2 atom stereocenters. The predicted molar refractivity (Wildman–Crippen MR) is 98.1 cm³/mol. The fourth-order valence-electron chi connectivity index (χ4n) is 3.81. The van der Waals surface area contributed by atoms with Gasteiger partial charge in [0, 0.05) is 45.8 Å². The second-order valence-electron chi connectivity index (χ2n) is 7.37. The van der Waals surface area contributed by atoms with Gasteiger partial charge in [-0.3, -0.25) is 14.6 Å². The number of rotatable bonds is 4. The highest BCUT2D eigenvalue weighted by Crippen LogP contribution is 2.28. The van der Waals surface area contributed by atoms with Gasteiger partial charge in [-0.2, -0.15) is 0 Å². The lowest BCUT2D eigenvalue weighted by molar-refractivity contribution is -0.131. The van der Waals surface area contributed by atoms with Gasteiger partial charge in [0.25, 0.3) is 0 Å². The number of hydrogen-bond acceptors (Lipinski definition) is 5. The molecule has 25 heavy (non-hydrogen) atoms. The van der Waals surface area contributed by atoms with E-state index in [1.165, 1.54) is 11.1 Å². The third kappa shape index (κ3) is 4.04. The molecule has 3 rings (SSSR count). The minimum absolute atomic E-state index is 0.0235. The van der Waals surface area contributed by atoms with Crippen molar-refractivity contribution >= 4 is 15.7 Å². The first kappa shape index (κ1) is 18.4. The number of nitrogens with zero attached hydrogens (tertiary/aromatic N) is 3. The van der Waals surface area contributed by atoms with Crippen LogP contribution in [0.15, 0.2) is 24.3 Å². The number of amides is 1. The minimum Gasteiger partial charge on any atom is -0.348 e. The molecule has 0 bridgehead atoms. The molecular weight excluding hydrogens is 338 g/mol. The molecule has 7 heteroatoms. The summed E-state index contributed by atoms with van der Waals surface area (Å²) in [6.45, 7) is 4.65. The summed E-state index contributed by atoms with van der Waals surface area (Å²) in [7, 11) is 0.410. The highest BCUT2D eigenvalue weighted by Gasteiger charge is 2.46. The van der Waals surface area contributed by atoms with Crippen LogP contribution in [0, 0.1) is 6.92 Å². The maximum absolute atomic E-state index is 12.3. The minimum atomic E-state index is -3.06. The number of sulfone groups is 1. The van der Waals surface area contributed by atoms with Crippen molar-refractivity contribution < 1.29 is 13.2 Å². The highest BCUT2D eigenvalue weighted by atomic mass is 32.2. The lowest BCUT2D eigenvalue weighted by Gasteiger charge is -2.44. The van der Waals surface area contributed by atoms with E-state index in [-0.39, 0.29) is 29.5 Å². The number of likely N-dealkylation sites (N-methyl/N-ethyl adjacent to an activating group) is 1. The summed E-state index contributed by atoms with van der Waals surface area (Å²) in [6, 6.07) is 8.11. The van der Waals surface area contributed by atoms with Gasteiger partial charge in [0.05, 0.1) is 18.1 Å². The molecule has 0 aromatic heterocycles. The molecule has 0 radical (unpaired) electrons. The largest absolute Gasteiger partial charge is 0.348 e. The van der Waals surface area contributed by atoms with Crippen LogP contribution in [0.5, 0.6) is 0 Å². The van der Waals surface area contributed by atoms with Crippen molar-refractivity contribution in [1.29, 1.82) is 0 Å². The molecular formula is C18H27N3O3S. The molecule has 2 fully saturated rings. The summed E-state index contributed by atoms with van der Waals surface area (Å²) in [6.07, 6.45) is 0. The van der Waals surface area contributed by atoms with Crippen molar-refractivity contribution in [3.63, 3.8) is 0 Å². The summed E-state index contributed by atoms with van der Waals surface area (Å²) < 4.78 is 24.6. The molecule has 1 aromatic rings. The molecule has 2 heterocycles. The van der Waals surface area contributed by atoms with Gasteiger partial charge in [-0.15, -0.1) is 0 Å². The van der Waals surface area contributed by atoms with Crippen LogP contribution < -0.4 is 0 Å². The van der Waals surface area contributed by atoms with E-state index in [2.05, 4.69) is 28.9 Å². The van der Waals surface area contributed by atoms with Crippen LogP contribution in [-0.4, -0.2) is 86.3 Å². The Labute approximate surface area is 150 Å². The van der Waals surface area contributed by atoms with Crippen LogP contribution in [0.25, 0.3) is 0 Å². The Kier molecular flexibility index (Phi) is 5.18. The molecule has 0 saturated carbocycles. The molecule has 0 unspecified atom stereocenters. The number of hydrogen-bond donors (Lipinski definition) is 0. The zero-order valence-corrected chi connectivity index (χ0v) is 16.0. The van der Waals surface area contributed by atoms with E-state index in [1.54, 1.807) is 19.0 Å². The molecule has 2 saturated heterocycles. The molecule has 2 aliphatic rings. The summed E-state index contributed by atoms with van der Waals surface area (Å²) in [5, 5.41) is 0.